The summed E-state index contributed by atoms with van der Waals surface area (Å²) in [4.78, 5) is 11.5. The summed E-state index contributed by atoms with van der Waals surface area (Å²) in [5.41, 5.74) is 2.62. The zero-order valence-electron chi connectivity index (χ0n) is 10.3. The van der Waals surface area contributed by atoms with Gasteiger partial charge in [-0.15, -0.1) is 0 Å². The van der Waals surface area contributed by atoms with E-state index in [2.05, 4.69) is 4.74 Å². The number of ether oxygens (including phenoxy) is 2. The van der Waals surface area contributed by atoms with Crippen molar-refractivity contribution in [1.29, 1.82) is 5.26 Å². The topological polar surface area (TPSA) is 59.3 Å². The molecule has 4 nitrogen and oxygen atoms in total. The van der Waals surface area contributed by atoms with Crippen molar-refractivity contribution in [2.24, 2.45) is 0 Å². The minimum atomic E-state index is -0.605. The molecule has 0 unspecified atom stereocenters. The summed E-state index contributed by atoms with van der Waals surface area (Å²) in [5.74, 6) is 0.273. The molecular weight excluding hydrogens is 230 g/mol. The van der Waals surface area contributed by atoms with Gasteiger partial charge in [0.1, 0.15) is 17.4 Å². The number of allylic oxidation sites excluding steroid dienone is 1. The number of fused-ring (bicyclic) bond motifs is 1. The van der Waals surface area contributed by atoms with Crippen LogP contribution in [0.3, 0.4) is 0 Å². The molecule has 0 N–H and O–H groups in total. The Hall–Kier alpha value is -2.28. The standard InChI is InChI=1S/C14H13NO3/c1-9(12(8-15)14(16)17-2)10-3-4-13-11(7-10)5-6-18-13/h3-4,7H,5-6H2,1-2H3/b12-9-. The maximum absolute atomic E-state index is 11.5. The molecule has 0 saturated carbocycles. The smallest absolute Gasteiger partial charge is 0.348 e. The minimum Gasteiger partial charge on any atom is -0.493 e. The predicted molar refractivity (Wildman–Crippen MR) is 65.9 cm³/mol. The quantitative estimate of drug-likeness (QED) is 0.453. The molecule has 0 aromatic heterocycles. The normalized spacial score (nSPS) is 14.1. The number of rotatable bonds is 2. The highest BCUT2D eigenvalue weighted by Crippen LogP contribution is 2.29. The number of carbonyl (C=O) groups is 1. The van der Waals surface area contributed by atoms with E-state index in [1.54, 1.807) is 6.92 Å². The molecule has 1 aromatic carbocycles. The molecule has 0 radical (unpaired) electrons. The Morgan fingerprint density at radius 3 is 2.94 bits per heavy atom. The van der Waals surface area contributed by atoms with Crippen LogP contribution in [0, 0.1) is 11.3 Å². The van der Waals surface area contributed by atoms with Gasteiger partial charge in [0.15, 0.2) is 0 Å². The van der Waals surface area contributed by atoms with Crippen molar-refractivity contribution in [3.63, 3.8) is 0 Å². The number of carbonyl (C=O) groups excluding carboxylic acids is 1. The van der Waals surface area contributed by atoms with E-state index in [-0.39, 0.29) is 5.57 Å². The predicted octanol–water partition coefficient (Wildman–Crippen LogP) is 2.09. The molecule has 0 aliphatic carbocycles. The first-order chi connectivity index (χ1) is 8.67. The number of hydrogen-bond acceptors (Lipinski definition) is 4. The van der Waals surface area contributed by atoms with Crippen LogP contribution in [0.4, 0.5) is 0 Å². The lowest BCUT2D eigenvalue weighted by Crippen LogP contribution is -2.05. The molecule has 0 bridgehead atoms. The van der Waals surface area contributed by atoms with Gasteiger partial charge in [-0.3, -0.25) is 0 Å². The number of benzene rings is 1. The maximum atomic E-state index is 11.5. The molecule has 0 saturated heterocycles. The van der Waals surface area contributed by atoms with E-state index in [1.807, 2.05) is 24.3 Å². The number of nitrogens with zero attached hydrogens (tertiary/aromatic N) is 1. The van der Waals surface area contributed by atoms with Crippen LogP contribution in [-0.4, -0.2) is 19.7 Å². The Kier molecular flexibility index (Phi) is 3.33. The largest absolute Gasteiger partial charge is 0.493 e. The van der Waals surface area contributed by atoms with Crippen molar-refractivity contribution in [2.75, 3.05) is 13.7 Å². The van der Waals surface area contributed by atoms with Gasteiger partial charge in [-0.2, -0.15) is 5.26 Å². The molecule has 2 rings (SSSR count). The Labute approximate surface area is 105 Å². The van der Waals surface area contributed by atoms with Crippen molar-refractivity contribution in [3.8, 4) is 11.8 Å². The van der Waals surface area contributed by atoms with Crippen LogP contribution in [0.25, 0.3) is 5.57 Å². The third-order valence-electron chi connectivity index (χ3n) is 3.00. The van der Waals surface area contributed by atoms with Crippen molar-refractivity contribution in [1.82, 2.24) is 0 Å². The van der Waals surface area contributed by atoms with Crippen molar-refractivity contribution in [3.05, 3.63) is 34.9 Å². The highest BCUT2D eigenvalue weighted by atomic mass is 16.5. The van der Waals surface area contributed by atoms with Gasteiger partial charge in [0.25, 0.3) is 0 Å². The van der Waals surface area contributed by atoms with Crippen LogP contribution in [-0.2, 0) is 16.0 Å². The van der Waals surface area contributed by atoms with E-state index in [9.17, 15) is 4.79 Å². The number of hydrogen-bond donors (Lipinski definition) is 0. The van der Waals surface area contributed by atoms with Crippen LogP contribution >= 0.6 is 0 Å². The molecule has 1 aromatic rings. The van der Waals surface area contributed by atoms with Gasteiger partial charge in [-0.05, 0) is 35.8 Å². The Morgan fingerprint density at radius 2 is 2.28 bits per heavy atom. The molecular formula is C14H13NO3. The van der Waals surface area contributed by atoms with E-state index >= 15 is 0 Å². The van der Waals surface area contributed by atoms with E-state index < -0.39 is 5.97 Å². The molecule has 4 heteroatoms. The van der Waals surface area contributed by atoms with Gasteiger partial charge in [0.2, 0.25) is 0 Å². The molecule has 0 atom stereocenters. The second kappa shape index (κ2) is 4.92. The first kappa shape index (κ1) is 12.2. The monoisotopic (exact) mass is 243 g/mol. The lowest BCUT2D eigenvalue weighted by atomic mass is 9.99. The second-order valence-corrected chi connectivity index (χ2v) is 4.02. The zero-order valence-corrected chi connectivity index (χ0v) is 10.3. The van der Waals surface area contributed by atoms with E-state index in [1.165, 1.54) is 7.11 Å². The average molecular weight is 243 g/mol. The summed E-state index contributed by atoms with van der Waals surface area (Å²) < 4.78 is 10.0. The fourth-order valence-electron chi connectivity index (χ4n) is 1.95. The van der Waals surface area contributed by atoms with Crippen LogP contribution < -0.4 is 4.74 Å². The molecule has 92 valence electrons. The summed E-state index contributed by atoms with van der Waals surface area (Å²) >= 11 is 0. The summed E-state index contributed by atoms with van der Waals surface area (Å²) in [6.07, 6.45) is 0.858. The SMILES string of the molecule is COC(=O)/C(C#N)=C(/C)c1ccc2c(c1)CCO2. The van der Waals surface area contributed by atoms with Crippen LogP contribution in [0.5, 0.6) is 5.75 Å². The van der Waals surface area contributed by atoms with E-state index in [0.717, 1.165) is 23.3 Å². The third-order valence-corrected chi connectivity index (χ3v) is 3.00. The minimum absolute atomic E-state index is 0.0383. The van der Waals surface area contributed by atoms with Crippen LogP contribution in [0.2, 0.25) is 0 Å². The highest BCUT2D eigenvalue weighted by molar-refractivity contribution is 6.01. The molecule has 1 heterocycles. The second-order valence-electron chi connectivity index (χ2n) is 4.02. The average Bonchev–Trinajstić information content (AvgIpc) is 2.86. The van der Waals surface area contributed by atoms with Crippen molar-refractivity contribution < 1.29 is 14.3 Å². The fourth-order valence-corrected chi connectivity index (χ4v) is 1.95. The summed E-state index contributed by atoms with van der Waals surface area (Å²) in [5, 5.41) is 9.02. The maximum Gasteiger partial charge on any atom is 0.348 e. The zero-order chi connectivity index (χ0) is 13.1. The molecule has 0 fully saturated rings. The molecule has 0 spiro atoms. The van der Waals surface area contributed by atoms with Crippen molar-refractivity contribution in [2.45, 2.75) is 13.3 Å². The van der Waals surface area contributed by atoms with Gasteiger partial charge < -0.3 is 9.47 Å². The summed E-state index contributed by atoms with van der Waals surface area (Å²) in [7, 11) is 1.27. The Balaban J connectivity index is 2.45. The van der Waals surface area contributed by atoms with E-state index in [0.29, 0.717) is 12.2 Å². The molecule has 1 aliphatic rings. The highest BCUT2D eigenvalue weighted by Gasteiger charge is 2.17. The number of methoxy groups -OCH3 is 1. The first-order valence-corrected chi connectivity index (χ1v) is 5.62. The Morgan fingerprint density at radius 1 is 1.50 bits per heavy atom. The van der Waals surface area contributed by atoms with Crippen LogP contribution in [0.15, 0.2) is 23.8 Å². The van der Waals surface area contributed by atoms with E-state index in [4.69, 9.17) is 10.00 Å². The van der Waals surface area contributed by atoms with Gasteiger partial charge in [0, 0.05) is 6.42 Å². The fraction of sp³-hybridized carbons (Fsp3) is 0.286. The summed E-state index contributed by atoms with van der Waals surface area (Å²) in [6, 6.07) is 7.56. The van der Waals surface area contributed by atoms with Gasteiger partial charge >= 0.3 is 5.97 Å². The molecule has 18 heavy (non-hydrogen) atoms. The number of esters is 1. The van der Waals surface area contributed by atoms with Crippen molar-refractivity contribution >= 4 is 11.5 Å². The van der Waals surface area contributed by atoms with Gasteiger partial charge in [0.05, 0.1) is 13.7 Å². The lowest BCUT2D eigenvalue weighted by Gasteiger charge is -2.06. The Bertz CT molecular complexity index is 567. The van der Waals surface area contributed by atoms with Gasteiger partial charge in [-0.25, -0.2) is 4.79 Å². The lowest BCUT2D eigenvalue weighted by molar-refractivity contribution is -0.135. The third kappa shape index (κ3) is 2.07. The first-order valence-electron chi connectivity index (χ1n) is 5.62. The molecule has 0 amide bonds. The number of nitriles is 1. The van der Waals surface area contributed by atoms with Crippen LogP contribution in [0.1, 0.15) is 18.1 Å². The van der Waals surface area contributed by atoms with Gasteiger partial charge in [-0.1, -0.05) is 6.07 Å². The molecule has 1 aliphatic heterocycles. The summed E-state index contributed by atoms with van der Waals surface area (Å²) in [6.45, 7) is 2.43.